The van der Waals surface area contributed by atoms with Crippen LogP contribution in [0.3, 0.4) is 0 Å². The van der Waals surface area contributed by atoms with Crippen LogP contribution in [0.2, 0.25) is 0 Å². The lowest BCUT2D eigenvalue weighted by molar-refractivity contribution is -0.120. The van der Waals surface area contributed by atoms with Gasteiger partial charge >= 0.3 is 6.09 Å². The number of aliphatic hydroxyl groups is 1. The Morgan fingerprint density at radius 2 is 1.96 bits per heavy atom. The minimum atomic E-state index is -0.826. The summed E-state index contributed by atoms with van der Waals surface area (Å²) in [6, 6.07) is 0.828. The largest absolute Gasteiger partial charge is 0.444 e. The molecule has 2 amide bonds. The molecule has 2 rings (SSSR count). The molecule has 0 bridgehead atoms. The quantitative estimate of drug-likeness (QED) is 0.845. The van der Waals surface area contributed by atoms with Crippen LogP contribution in [0.25, 0.3) is 0 Å². The third-order valence-electron chi connectivity index (χ3n) is 3.73. The van der Waals surface area contributed by atoms with E-state index in [1.807, 2.05) is 20.8 Å². The van der Waals surface area contributed by atoms with Gasteiger partial charge in [0.2, 0.25) is 11.8 Å². The molecule has 1 aliphatic heterocycles. The number of likely N-dealkylation sites (tertiary alicyclic amines) is 1. The number of nitrogens with one attached hydrogen (secondary N) is 1. The second kappa shape index (κ2) is 6.67. The molecular weight excluding hydrogens is 326 g/mol. The molecule has 2 N–H and O–H groups in total. The molecule has 1 saturated heterocycles. The average Bonchev–Trinajstić information content (AvgIpc) is 3.02. The van der Waals surface area contributed by atoms with Crippen LogP contribution in [-0.4, -0.2) is 51.5 Å². The summed E-state index contributed by atoms with van der Waals surface area (Å²) < 4.78 is 10.5. The van der Waals surface area contributed by atoms with E-state index in [1.54, 1.807) is 26.8 Å². The van der Waals surface area contributed by atoms with Gasteiger partial charge in [0.05, 0.1) is 18.3 Å². The zero-order valence-corrected chi connectivity index (χ0v) is 15.6. The first-order valence-electron chi connectivity index (χ1n) is 8.32. The molecule has 1 fully saturated rings. The van der Waals surface area contributed by atoms with Crippen LogP contribution < -0.4 is 5.32 Å². The van der Waals surface area contributed by atoms with E-state index < -0.39 is 29.7 Å². The number of β-amino-alcohol motifs (C(OH)–C–C–N with tert-alkyl or cyclic N) is 1. The predicted octanol–water partition coefficient (Wildman–Crippen LogP) is 2.28. The average molecular weight is 353 g/mol. The first-order valence-corrected chi connectivity index (χ1v) is 8.32. The number of carbonyl (C=O) groups is 2. The first kappa shape index (κ1) is 19.2. The van der Waals surface area contributed by atoms with E-state index in [4.69, 9.17) is 9.26 Å². The fourth-order valence-electron chi connectivity index (χ4n) is 2.48. The van der Waals surface area contributed by atoms with Gasteiger partial charge in [0.1, 0.15) is 11.6 Å². The lowest BCUT2D eigenvalue weighted by Gasteiger charge is -2.27. The van der Waals surface area contributed by atoms with Gasteiger partial charge < -0.3 is 14.4 Å². The summed E-state index contributed by atoms with van der Waals surface area (Å²) in [5.41, 5.74) is -0.185. The molecule has 0 spiro atoms. The van der Waals surface area contributed by atoms with Crippen molar-refractivity contribution in [2.45, 2.75) is 71.1 Å². The van der Waals surface area contributed by atoms with Crippen molar-refractivity contribution in [3.05, 3.63) is 11.8 Å². The Kier molecular flexibility index (Phi) is 5.13. The molecule has 2 heterocycles. The maximum atomic E-state index is 12.5. The molecule has 0 saturated carbocycles. The Labute approximate surface area is 147 Å². The monoisotopic (exact) mass is 353 g/mol. The molecule has 1 aromatic rings. The standard InChI is InChI=1S/C17H27N3O5/c1-16(2,3)12-8-13(25-19-12)18-14(22)11-7-10(21)9-20(11)15(23)24-17(4,5)6/h8,10-11,21H,7,9H2,1-6H3,(H,18,22)/t10-,11+/m1/s1. The third kappa shape index (κ3) is 4.94. The van der Waals surface area contributed by atoms with Crippen LogP contribution in [0.5, 0.6) is 0 Å². The smallest absolute Gasteiger partial charge is 0.411 e. The highest BCUT2D eigenvalue weighted by molar-refractivity contribution is 5.96. The molecule has 140 valence electrons. The Morgan fingerprint density at radius 1 is 1.32 bits per heavy atom. The SMILES string of the molecule is CC(C)(C)OC(=O)N1C[C@H](O)C[C@H]1C(=O)Nc1cc(C(C)(C)C)no1. The minimum absolute atomic E-state index is 0.0522. The van der Waals surface area contributed by atoms with Crippen molar-refractivity contribution in [2.75, 3.05) is 11.9 Å². The molecule has 0 radical (unpaired) electrons. The topological polar surface area (TPSA) is 105 Å². The molecule has 8 nitrogen and oxygen atoms in total. The summed E-state index contributed by atoms with van der Waals surface area (Å²) >= 11 is 0. The van der Waals surface area contributed by atoms with E-state index in [2.05, 4.69) is 10.5 Å². The summed E-state index contributed by atoms with van der Waals surface area (Å²) in [7, 11) is 0. The van der Waals surface area contributed by atoms with Gasteiger partial charge in [0.25, 0.3) is 0 Å². The van der Waals surface area contributed by atoms with E-state index in [1.165, 1.54) is 4.90 Å². The van der Waals surface area contributed by atoms with E-state index >= 15 is 0 Å². The molecule has 25 heavy (non-hydrogen) atoms. The van der Waals surface area contributed by atoms with Gasteiger partial charge in [0, 0.05) is 17.9 Å². The maximum absolute atomic E-state index is 12.5. The third-order valence-corrected chi connectivity index (χ3v) is 3.73. The van der Waals surface area contributed by atoms with Crippen molar-refractivity contribution in [1.82, 2.24) is 10.1 Å². The highest BCUT2D eigenvalue weighted by Crippen LogP contribution is 2.26. The van der Waals surface area contributed by atoms with Crippen molar-refractivity contribution in [2.24, 2.45) is 0 Å². The molecule has 0 aliphatic carbocycles. The van der Waals surface area contributed by atoms with Crippen LogP contribution in [0.4, 0.5) is 10.7 Å². The van der Waals surface area contributed by atoms with Gasteiger partial charge in [-0.2, -0.15) is 0 Å². The highest BCUT2D eigenvalue weighted by Gasteiger charge is 2.41. The van der Waals surface area contributed by atoms with Crippen molar-refractivity contribution < 1.29 is 24.0 Å². The molecular formula is C17H27N3O5. The fourth-order valence-corrected chi connectivity index (χ4v) is 2.48. The number of rotatable bonds is 2. The number of amides is 2. The zero-order valence-electron chi connectivity index (χ0n) is 15.6. The summed E-state index contributed by atoms with van der Waals surface area (Å²) in [5, 5.41) is 16.4. The van der Waals surface area contributed by atoms with Gasteiger partial charge in [-0.15, -0.1) is 0 Å². The number of nitrogens with zero attached hydrogens (tertiary/aromatic N) is 2. The van der Waals surface area contributed by atoms with E-state index in [9.17, 15) is 14.7 Å². The number of carbonyl (C=O) groups excluding carboxylic acids is 2. The van der Waals surface area contributed by atoms with Crippen molar-refractivity contribution in [3.8, 4) is 0 Å². The number of aliphatic hydroxyl groups excluding tert-OH is 1. The van der Waals surface area contributed by atoms with E-state index in [0.717, 1.165) is 0 Å². The Morgan fingerprint density at radius 3 is 2.48 bits per heavy atom. The van der Waals surface area contributed by atoms with E-state index in [0.29, 0.717) is 5.69 Å². The first-order chi connectivity index (χ1) is 11.4. The zero-order chi connectivity index (χ0) is 19.0. The van der Waals surface area contributed by atoms with Gasteiger partial charge in [0.15, 0.2) is 0 Å². The van der Waals surface area contributed by atoms with Crippen LogP contribution >= 0.6 is 0 Å². The number of ether oxygens (including phenoxy) is 1. The van der Waals surface area contributed by atoms with Crippen LogP contribution in [-0.2, 0) is 14.9 Å². The minimum Gasteiger partial charge on any atom is -0.444 e. The number of hydrogen-bond donors (Lipinski definition) is 2. The lowest BCUT2D eigenvalue weighted by atomic mass is 9.92. The molecule has 1 aliphatic rings. The molecule has 8 heteroatoms. The molecule has 0 unspecified atom stereocenters. The Balaban J connectivity index is 2.08. The van der Waals surface area contributed by atoms with Crippen molar-refractivity contribution >= 4 is 17.9 Å². The molecule has 1 aromatic heterocycles. The van der Waals surface area contributed by atoms with Gasteiger partial charge in [-0.1, -0.05) is 25.9 Å². The molecule has 2 atom stereocenters. The highest BCUT2D eigenvalue weighted by atomic mass is 16.6. The number of hydrogen-bond acceptors (Lipinski definition) is 6. The van der Waals surface area contributed by atoms with Crippen molar-refractivity contribution in [1.29, 1.82) is 0 Å². The maximum Gasteiger partial charge on any atom is 0.411 e. The molecule has 0 aromatic carbocycles. The summed E-state index contributed by atoms with van der Waals surface area (Å²) in [4.78, 5) is 26.1. The summed E-state index contributed by atoms with van der Waals surface area (Å²) in [6.45, 7) is 11.2. The van der Waals surface area contributed by atoms with Gasteiger partial charge in [-0.25, -0.2) is 4.79 Å². The van der Waals surface area contributed by atoms with E-state index in [-0.39, 0.29) is 24.3 Å². The lowest BCUT2D eigenvalue weighted by Crippen LogP contribution is -2.45. The number of aromatic nitrogens is 1. The normalized spacial score (nSPS) is 21.3. The summed E-state index contributed by atoms with van der Waals surface area (Å²) in [6.07, 6.45) is -1.26. The van der Waals surface area contributed by atoms with Crippen LogP contribution in [0, 0.1) is 0 Å². The Hall–Kier alpha value is -2.09. The van der Waals surface area contributed by atoms with Gasteiger partial charge in [-0.05, 0) is 20.8 Å². The van der Waals surface area contributed by atoms with Crippen LogP contribution in [0.15, 0.2) is 10.6 Å². The fraction of sp³-hybridized carbons (Fsp3) is 0.706. The van der Waals surface area contributed by atoms with Crippen molar-refractivity contribution in [3.63, 3.8) is 0 Å². The predicted molar refractivity (Wildman–Crippen MR) is 91.2 cm³/mol. The number of anilines is 1. The second-order valence-corrected chi connectivity index (χ2v) is 8.35. The van der Waals surface area contributed by atoms with Gasteiger partial charge in [-0.3, -0.25) is 15.0 Å². The summed E-state index contributed by atoms with van der Waals surface area (Å²) in [5.74, 6) is -0.237. The second-order valence-electron chi connectivity index (χ2n) is 8.35. The Bertz CT molecular complexity index is 641. The van der Waals surface area contributed by atoms with Crippen LogP contribution in [0.1, 0.15) is 53.7 Å².